The van der Waals surface area contributed by atoms with Crippen LogP contribution in [0.4, 0.5) is 16.5 Å². The molecule has 3 aromatic rings. The fourth-order valence-electron chi connectivity index (χ4n) is 2.43. The molecule has 0 bridgehead atoms. The Hall–Kier alpha value is -2.98. The highest BCUT2D eigenvalue weighted by Crippen LogP contribution is 2.29. The van der Waals surface area contributed by atoms with Crippen molar-refractivity contribution < 1.29 is 18.0 Å². The summed E-state index contributed by atoms with van der Waals surface area (Å²) < 4.78 is 28.6. The molecule has 0 saturated carbocycles. The van der Waals surface area contributed by atoms with Crippen LogP contribution in [-0.4, -0.2) is 25.2 Å². The highest BCUT2D eigenvalue weighted by Gasteiger charge is 2.15. The van der Waals surface area contributed by atoms with E-state index in [-0.39, 0.29) is 16.7 Å². The molecule has 29 heavy (non-hydrogen) atoms. The van der Waals surface area contributed by atoms with Gasteiger partial charge < -0.3 is 10.6 Å². The molecule has 1 aromatic heterocycles. The van der Waals surface area contributed by atoms with Crippen LogP contribution < -0.4 is 15.4 Å². The molecule has 0 aliphatic heterocycles. The molecule has 3 rings (SSSR count). The average molecular weight is 433 g/mol. The number of hydrogen-bond donors (Lipinski definition) is 3. The van der Waals surface area contributed by atoms with Gasteiger partial charge in [-0.25, -0.2) is 13.4 Å². The summed E-state index contributed by atoms with van der Waals surface area (Å²) in [6, 6.07) is 10.9. The van der Waals surface area contributed by atoms with Crippen LogP contribution in [0.5, 0.6) is 0 Å². The predicted octanol–water partition coefficient (Wildman–Crippen LogP) is 3.79. The van der Waals surface area contributed by atoms with E-state index in [0.29, 0.717) is 34.9 Å². The minimum Gasteiger partial charge on any atom is -0.326 e. The molecule has 2 amide bonds. The average Bonchev–Trinajstić information content (AvgIpc) is 3.09. The lowest BCUT2D eigenvalue weighted by molar-refractivity contribution is -0.116. The van der Waals surface area contributed by atoms with Gasteiger partial charge in [0.1, 0.15) is 0 Å². The van der Waals surface area contributed by atoms with Gasteiger partial charge in [0.05, 0.1) is 20.8 Å². The van der Waals surface area contributed by atoms with Crippen molar-refractivity contribution in [2.24, 2.45) is 0 Å². The van der Waals surface area contributed by atoms with E-state index in [1.807, 2.05) is 0 Å². The third kappa shape index (κ3) is 5.09. The van der Waals surface area contributed by atoms with Gasteiger partial charge in [-0.05, 0) is 42.5 Å². The standard InChI is InChI=1S/C19H20N4O4S2/c1-3-17(24)20-12-5-8-14(9-6-12)29(26,27)23-13-7-10-16-15(11-13)21-19(28-16)22-18(25)4-2/h5-11,23H,3-4H2,1-2H3,(H,20,24)(H,21,22,25). The summed E-state index contributed by atoms with van der Waals surface area (Å²) in [5.74, 6) is -0.284. The Morgan fingerprint density at radius 2 is 1.55 bits per heavy atom. The Morgan fingerprint density at radius 1 is 0.931 bits per heavy atom. The second-order valence-electron chi connectivity index (χ2n) is 6.13. The molecule has 8 nitrogen and oxygen atoms in total. The van der Waals surface area contributed by atoms with Gasteiger partial charge in [0.25, 0.3) is 10.0 Å². The molecule has 0 spiro atoms. The molecule has 0 saturated heterocycles. The highest BCUT2D eigenvalue weighted by atomic mass is 32.2. The molecule has 1 heterocycles. The van der Waals surface area contributed by atoms with Crippen LogP contribution in [-0.2, 0) is 19.6 Å². The largest absolute Gasteiger partial charge is 0.326 e. The number of carbonyl (C=O) groups is 2. The third-order valence-corrected chi connectivity index (χ3v) is 6.33. The highest BCUT2D eigenvalue weighted by molar-refractivity contribution is 7.92. The van der Waals surface area contributed by atoms with Crippen LogP contribution in [0, 0.1) is 0 Å². The van der Waals surface area contributed by atoms with Crippen LogP contribution in [0.3, 0.4) is 0 Å². The molecule has 0 aliphatic carbocycles. The van der Waals surface area contributed by atoms with E-state index >= 15 is 0 Å². The maximum absolute atomic E-state index is 12.6. The van der Waals surface area contributed by atoms with E-state index in [0.717, 1.165) is 4.70 Å². The van der Waals surface area contributed by atoms with E-state index in [4.69, 9.17) is 0 Å². The zero-order valence-corrected chi connectivity index (χ0v) is 17.5. The lowest BCUT2D eigenvalue weighted by atomic mass is 10.3. The number of nitrogens with zero attached hydrogens (tertiary/aromatic N) is 1. The number of hydrogen-bond acceptors (Lipinski definition) is 6. The number of rotatable bonds is 7. The minimum atomic E-state index is -3.81. The van der Waals surface area contributed by atoms with Crippen LogP contribution in [0.25, 0.3) is 10.2 Å². The third-order valence-electron chi connectivity index (χ3n) is 3.98. The van der Waals surface area contributed by atoms with Crippen molar-refractivity contribution in [1.82, 2.24) is 4.98 Å². The summed E-state index contributed by atoms with van der Waals surface area (Å²) in [4.78, 5) is 27.3. The number of thiazole rings is 1. The van der Waals surface area contributed by atoms with Crippen LogP contribution in [0.15, 0.2) is 47.4 Å². The van der Waals surface area contributed by atoms with Crippen LogP contribution in [0.1, 0.15) is 26.7 Å². The van der Waals surface area contributed by atoms with Crippen molar-refractivity contribution in [1.29, 1.82) is 0 Å². The molecular weight excluding hydrogens is 412 g/mol. The van der Waals surface area contributed by atoms with E-state index in [2.05, 4.69) is 20.3 Å². The van der Waals surface area contributed by atoms with E-state index in [1.54, 1.807) is 32.0 Å². The normalized spacial score (nSPS) is 11.2. The molecule has 2 aromatic carbocycles. The van der Waals surface area contributed by atoms with Crippen LogP contribution in [0.2, 0.25) is 0 Å². The minimum absolute atomic E-state index is 0.0706. The smallest absolute Gasteiger partial charge is 0.261 e. The first-order valence-corrected chi connectivity index (χ1v) is 11.2. The zero-order valence-electron chi connectivity index (χ0n) is 15.9. The van der Waals surface area contributed by atoms with Gasteiger partial charge >= 0.3 is 0 Å². The molecular formula is C19H20N4O4S2. The van der Waals surface area contributed by atoms with Crippen molar-refractivity contribution in [2.45, 2.75) is 31.6 Å². The number of carbonyl (C=O) groups excluding carboxylic acids is 2. The van der Waals surface area contributed by atoms with Gasteiger partial charge in [-0.1, -0.05) is 25.2 Å². The number of benzene rings is 2. The van der Waals surface area contributed by atoms with Crippen molar-refractivity contribution in [3.8, 4) is 0 Å². The second kappa shape index (κ2) is 8.58. The van der Waals surface area contributed by atoms with Gasteiger partial charge in [-0.2, -0.15) is 0 Å². The quantitative estimate of drug-likeness (QED) is 0.525. The van der Waals surface area contributed by atoms with Gasteiger partial charge in [0.15, 0.2) is 5.13 Å². The Bertz CT molecular complexity index is 1150. The van der Waals surface area contributed by atoms with E-state index in [1.165, 1.54) is 35.6 Å². The Balaban J connectivity index is 1.78. The van der Waals surface area contributed by atoms with Gasteiger partial charge in [-0.3, -0.25) is 14.3 Å². The maximum Gasteiger partial charge on any atom is 0.261 e. The monoisotopic (exact) mass is 432 g/mol. The van der Waals surface area contributed by atoms with Gasteiger partial charge in [0, 0.05) is 18.5 Å². The topological polar surface area (TPSA) is 117 Å². The summed E-state index contributed by atoms with van der Waals surface area (Å²) in [6.45, 7) is 3.48. The molecule has 0 aliphatic rings. The molecule has 10 heteroatoms. The summed E-state index contributed by atoms with van der Waals surface area (Å²) >= 11 is 1.32. The molecule has 0 fully saturated rings. The number of aromatic nitrogens is 1. The Kier molecular flexibility index (Phi) is 6.14. The fourth-order valence-corrected chi connectivity index (χ4v) is 4.34. The predicted molar refractivity (Wildman–Crippen MR) is 115 cm³/mol. The maximum atomic E-state index is 12.6. The molecule has 0 radical (unpaired) electrons. The summed E-state index contributed by atoms with van der Waals surface area (Å²) in [5.41, 5.74) is 1.47. The van der Waals surface area contributed by atoms with E-state index in [9.17, 15) is 18.0 Å². The zero-order chi connectivity index (χ0) is 21.0. The summed E-state index contributed by atoms with van der Waals surface area (Å²) in [6.07, 6.45) is 0.687. The lowest BCUT2D eigenvalue weighted by Crippen LogP contribution is -2.13. The van der Waals surface area contributed by atoms with Crippen molar-refractivity contribution >= 4 is 59.9 Å². The number of anilines is 3. The van der Waals surface area contributed by atoms with Gasteiger partial charge in [0.2, 0.25) is 11.8 Å². The molecule has 0 atom stereocenters. The molecule has 0 unspecified atom stereocenters. The Labute approximate surface area is 172 Å². The number of nitrogens with one attached hydrogen (secondary N) is 3. The number of sulfonamides is 1. The lowest BCUT2D eigenvalue weighted by Gasteiger charge is -2.09. The van der Waals surface area contributed by atoms with Crippen molar-refractivity contribution in [3.05, 3.63) is 42.5 Å². The van der Waals surface area contributed by atoms with Crippen LogP contribution >= 0.6 is 11.3 Å². The first-order valence-electron chi connectivity index (χ1n) is 8.94. The first-order chi connectivity index (χ1) is 13.8. The Morgan fingerprint density at radius 3 is 2.21 bits per heavy atom. The first kappa shape index (κ1) is 20.7. The second-order valence-corrected chi connectivity index (χ2v) is 8.85. The SMILES string of the molecule is CCC(=O)Nc1ccc(S(=O)(=O)Nc2ccc3sc(NC(=O)CC)nc3c2)cc1. The number of amides is 2. The summed E-state index contributed by atoms with van der Waals surface area (Å²) in [5, 5.41) is 5.84. The molecule has 3 N–H and O–H groups in total. The molecule has 152 valence electrons. The number of fused-ring (bicyclic) bond motifs is 1. The van der Waals surface area contributed by atoms with Crippen molar-refractivity contribution in [3.63, 3.8) is 0 Å². The van der Waals surface area contributed by atoms with E-state index < -0.39 is 10.0 Å². The van der Waals surface area contributed by atoms with Gasteiger partial charge in [-0.15, -0.1) is 0 Å². The summed E-state index contributed by atoms with van der Waals surface area (Å²) in [7, 11) is -3.81. The fraction of sp³-hybridized carbons (Fsp3) is 0.211. The van der Waals surface area contributed by atoms with Crippen molar-refractivity contribution in [2.75, 3.05) is 15.4 Å².